The van der Waals surface area contributed by atoms with Crippen LogP contribution in [0.15, 0.2) is 24.7 Å². The normalized spacial score (nSPS) is 15.8. The van der Waals surface area contributed by atoms with Crippen molar-refractivity contribution >= 4 is 11.9 Å². The summed E-state index contributed by atoms with van der Waals surface area (Å²) in [6.45, 7) is 1.79. The van der Waals surface area contributed by atoms with Crippen LogP contribution in [-0.4, -0.2) is 46.1 Å². The number of nitrogens with zero attached hydrogens (tertiary/aromatic N) is 6. The highest BCUT2D eigenvalue weighted by Gasteiger charge is 2.33. The molecule has 23 heavy (non-hydrogen) atoms. The third-order valence-corrected chi connectivity index (χ3v) is 3.39. The molecule has 0 N–H and O–H groups in total. The van der Waals surface area contributed by atoms with Crippen molar-refractivity contribution in [3.63, 3.8) is 0 Å². The largest absolute Gasteiger partial charge is 0.433 e. The molecule has 3 rings (SSSR count). The van der Waals surface area contributed by atoms with Gasteiger partial charge in [0.25, 0.3) is 0 Å². The average molecular weight is 328 g/mol. The number of rotatable bonds is 2. The Morgan fingerprint density at radius 2 is 1.43 bits per heavy atom. The maximum atomic E-state index is 12.8. The van der Waals surface area contributed by atoms with E-state index in [-0.39, 0.29) is 5.95 Å². The Morgan fingerprint density at radius 3 is 2.00 bits per heavy atom. The molecule has 3 heterocycles. The van der Waals surface area contributed by atoms with E-state index in [1.54, 1.807) is 4.90 Å². The van der Waals surface area contributed by atoms with Crippen LogP contribution in [0.4, 0.5) is 29.5 Å². The number of hydrogen-bond acceptors (Lipinski definition) is 6. The van der Waals surface area contributed by atoms with Crippen LogP contribution in [0, 0.1) is 5.82 Å². The molecule has 0 saturated carbocycles. The number of halogens is 4. The van der Waals surface area contributed by atoms with Gasteiger partial charge in [-0.05, 0) is 6.07 Å². The van der Waals surface area contributed by atoms with Crippen molar-refractivity contribution in [1.82, 2.24) is 19.9 Å². The van der Waals surface area contributed by atoms with E-state index in [1.165, 1.54) is 0 Å². The number of alkyl halides is 3. The van der Waals surface area contributed by atoms with Crippen LogP contribution in [0.5, 0.6) is 0 Å². The summed E-state index contributed by atoms with van der Waals surface area (Å²) in [6.07, 6.45) is -1.25. The molecule has 0 aliphatic carbocycles. The average Bonchev–Trinajstić information content (AvgIpc) is 2.55. The fraction of sp³-hybridized carbons (Fsp3) is 0.385. The third-order valence-electron chi connectivity index (χ3n) is 3.39. The van der Waals surface area contributed by atoms with Crippen molar-refractivity contribution < 1.29 is 17.6 Å². The van der Waals surface area contributed by atoms with Gasteiger partial charge in [0, 0.05) is 32.4 Å². The Kier molecular flexibility index (Phi) is 3.97. The molecule has 10 heteroatoms. The Bertz CT molecular complexity index is 667. The Balaban J connectivity index is 1.68. The van der Waals surface area contributed by atoms with E-state index < -0.39 is 17.7 Å². The Hall–Kier alpha value is -2.52. The van der Waals surface area contributed by atoms with Crippen LogP contribution >= 0.6 is 0 Å². The SMILES string of the molecule is Fc1cnc(N2CCN(c3nccc(C(F)(F)F)n3)CC2)nc1. The topological polar surface area (TPSA) is 58.0 Å². The van der Waals surface area contributed by atoms with E-state index in [9.17, 15) is 17.6 Å². The van der Waals surface area contributed by atoms with E-state index in [0.29, 0.717) is 32.1 Å². The smallest absolute Gasteiger partial charge is 0.337 e. The van der Waals surface area contributed by atoms with Crippen LogP contribution < -0.4 is 9.80 Å². The van der Waals surface area contributed by atoms with Gasteiger partial charge in [0.1, 0.15) is 5.69 Å². The van der Waals surface area contributed by atoms with E-state index >= 15 is 0 Å². The molecule has 6 nitrogen and oxygen atoms in total. The van der Waals surface area contributed by atoms with Crippen molar-refractivity contribution in [2.45, 2.75) is 6.18 Å². The van der Waals surface area contributed by atoms with Gasteiger partial charge in [-0.25, -0.2) is 24.3 Å². The van der Waals surface area contributed by atoms with Crippen LogP contribution in [0.2, 0.25) is 0 Å². The fourth-order valence-electron chi connectivity index (χ4n) is 2.23. The molecule has 0 amide bonds. The number of aromatic nitrogens is 4. The standard InChI is InChI=1S/C13H12F4N6/c14-9-7-19-11(20-8-9)22-3-5-23(6-4-22)12-18-2-1-10(21-12)13(15,16)17/h1-2,7-8H,3-6H2. The summed E-state index contributed by atoms with van der Waals surface area (Å²) in [5, 5.41) is 0. The zero-order valence-corrected chi connectivity index (χ0v) is 11.8. The molecule has 1 fully saturated rings. The molecule has 1 saturated heterocycles. The minimum atomic E-state index is -4.50. The molecule has 122 valence electrons. The number of anilines is 2. The predicted octanol–water partition coefficient (Wildman–Crippen LogP) is 1.75. The lowest BCUT2D eigenvalue weighted by Gasteiger charge is -2.34. The lowest BCUT2D eigenvalue weighted by Crippen LogP contribution is -2.47. The molecular weight excluding hydrogens is 316 g/mol. The zero-order valence-electron chi connectivity index (χ0n) is 11.8. The Labute approximate surface area is 128 Å². The maximum absolute atomic E-state index is 12.8. The minimum absolute atomic E-state index is 0.0412. The van der Waals surface area contributed by atoms with Gasteiger partial charge in [-0.15, -0.1) is 0 Å². The van der Waals surface area contributed by atoms with Crippen molar-refractivity contribution in [3.05, 3.63) is 36.2 Å². The van der Waals surface area contributed by atoms with Crippen LogP contribution in [0.3, 0.4) is 0 Å². The van der Waals surface area contributed by atoms with Crippen molar-refractivity contribution in [1.29, 1.82) is 0 Å². The first kappa shape index (κ1) is 15.4. The second kappa shape index (κ2) is 5.94. The second-order valence-corrected chi connectivity index (χ2v) is 4.92. The van der Waals surface area contributed by atoms with Gasteiger partial charge >= 0.3 is 6.18 Å². The minimum Gasteiger partial charge on any atom is -0.337 e. The molecule has 0 unspecified atom stereocenters. The van der Waals surface area contributed by atoms with Gasteiger partial charge in [-0.2, -0.15) is 13.2 Å². The van der Waals surface area contributed by atoms with Gasteiger partial charge < -0.3 is 9.80 Å². The second-order valence-electron chi connectivity index (χ2n) is 4.92. The van der Waals surface area contributed by atoms with E-state index in [1.807, 2.05) is 4.90 Å². The summed E-state index contributed by atoms with van der Waals surface area (Å²) in [5.41, 5.74) is -0.966. The number of hydrogen-bond donors (Lipinski definition) is 0. The van der Waals surface area contributed by atoms with Crippen LogP contribution in [0.25, 0.3) is 0 Å². The molecule has 0 atom stereocenters. The molecule has 2 aromatic rings. The van der Waals surface area contributed by atoms with Gasteiger partial charge in [0.2, 0.25) is 11.9 Å². The fourth-order valence-corrected chi connectivity index (χ4v) is 2.23. The van der Waals surface area contributed by atoms with Gasteiger partial charge in [0.05, 0.1) is 12.4 Å². The van der Waals surface area contributed by atoms with Crippen LogP contribution in [0.1, 0.15) is 5.69 Å². The van der Waals surface area contributed by atoms with E-state index in [0.717, 1.165) is 24.7 Å². The number of piperazine rings is 1. The quantitative estimate of drug-likeness (QED) is 0.783. The predicted molar refractivity (Wildman–Crippen MR) is 73.5 cm³/mol. The summed E-state index contributed by atoms with van der Waals surface area (Å²) < 4.78 is 50.9. The molecule has 2 aromatic heterocycles. The highest BCUT2D eigenvalue weighted by Crippen LogP contribution is 2.28. The van der Waals surface area contributed by atoms with Gasteiger partial charge in [0.15, 0.2) is 5.82 Å². The van der Waals surface area contributed by atoms with Crippen molar-refractivity contribution in [2.75, 3.05) is 36.0 Å². The van der Waals surface area contributed by atoms with Gasteiger partial charge in [-0.1, -0.05) is 0 Å². The third kappa shape index (κ3) is 3.46. The summed E-state index contributed by atoms with van der Waals surface area (Å²) in [4.78, 5) is 18.7. The maximum Gasteiger partial charge on any atom is 0.433 e. The lowest BCUT2D eigenvalue weighted by atomic mass is 10.3. The van der Waals surface area contributed by atoms with E-state index in [2.05, 4.69) is 19.9 Å². The molecule has 0 radical (unpaired) electrons. The zero-order chi connectivity index (χ0) is 16.4. The van der Waals surface area contributed by atoms with Gasteiger partial charge in [-0.3, -0.25) is 0 Å². The molecule has 1 aliphatic rings. The summed E-state index contributed by atoms with van der Waals surface area (Å²) in [6, 6.07) is 0.839. The highest BCUT2D eigenvalue weighted by molar-refractivity contribution is 5.37. The molecular formula is C13H12F4N6. The van der Waals surface area contributed by atoms with E-state index in [4.69, 9.17) is 0 Å². The first-order valence-corrected chi connectivity index (χ1v) is 6.81. The van der Waals surface area contributed by atoms with Crippen molar-refractivity contribution in [2.24, 2.45) is 0 Å². The van der Waals surface area contributed by atoms with Crippen LogP contribution in [-0.2, 0) is 6.18 Å². The first-order chi connectivity index (χ1) is 10.9. The highest BCUT2D eigenvalue weighted by atomic mass is 19.4. The summed E-state index contributed by atoms with van der Waals surface area (Å²) in [5.74, 6) is -0.0970. The molecule has 0 spiro atoms. The molecule has 0 bridgehead atoms. The summed E-state index contributed by atoms with van der Waals surface area (Å²) in [7, 11) is 0. The van der Waals surface area contributed by atoms with Crippen molar-refractivity contribution in [3.8, 4) is 0 Å². The molecule has 0 aromatic carbocycles. The first-order valence-electron chi connectivity index (χ1n) is 6.81. The monoisotopic (exact) mass is 328 g/mol. The Morgan fingerprint density at radius 1 is 0.870 bits per heavy atom. The summed E-state index contributed by atoms with van der Waals surface area (Å²) >= 11 is 0. The lowest BCUT2D eigenvalue weighted by molar-refractivity contribution is -0.141. The molecule has 1 aliphatic heterocycles.